The van der Waals surface area contributed by atoms with E-state index in [-0.39, 0.29) is 34.4 Å². The highest BCUT2D eigenvalue weighted by molar-refractivity contribution is 7.90. The van der Waals surface area contributed by atoms with Gasteiger partial charge in [0.1, 0.15) is 39.2 Å². The van der Waals surface area contributed by atoms with Crippen LogP contribution in [0.25, 0.3) is 16.6 Å². The van der Waals surface area contributed by atoms with Crippen molar-refractivity contribution in [2.75, 3.05) is 25.6 Å². The highest BCUT2D eigenvalue weighted by Gasteiger charge is 2.27. The Hall–Kier alpha value is -6.51. The number of benzene rings is 2. The Morgan fingerprint density at radius 1 is 1.00 bits per heavy atom. The van der Waals surface area contributed by atoms with Gasteiger partial charge < -0.3 is 28.8 Å². The molecule has 0 aliphatic rings. The summed E-state index contributed by atoms with van der Waals surface area (Å²) in [6, 6.07) is 9.65. The minimum absolute atomic E-state index is 0.0434. The van der Waals surface area contributed by atoms with Crippen molar-refractivity contribution in [2.24, 2.45) is 0 Å². The van der Waals surface area contributed by atoms with E-state index in [1.165, 1.54) is 31.5 Å². The molecule has 20 nitrogen and oxygen atoms in total. The first-order valence-electron chi connectivity index (χ1n) is 17.1. The second-order valence-electron chi connectivity index (χ2n) is 12.9. The van der Waals surface area contributed by atoms with Crippen molar-refractivity contribution in [3.05, 3.63) is 96.3 Å². The smallest absolute Gasteiger partial charge is 0.442 e. The van der Waals surface area contributed by atoms with Gasteiger partial charge in [-0.3, -0.25) is 10.3 Å². The number of fused-ring (bicyclic) bond motifs is 1. The number of methoxy groups -OCH3 is 1. The molecule has 0 saturated carbocycles. The summed E-state index contributed by atoms with van der Waals surface area (Å²) < 4.78 is 47.4. The van der Waals surface area contributed by atoms with Gasteiger partial charge in [0.2, 0.25) is 11.8 Å². The first kappa shape index (κ1) is 48.2. The molecule has 0 radical (unpaired) electrons. The number of anilines is 1. The normalized spacial score (nSPS) is 10.9. The van der Waals surface area contributed by atoms with E-state index in [0.29, 0.717) is 33.6 Å². The Bertz CT molecular complexity index is 2840. The molecule has 4 N–H and O–H groups in total. The fourth-order valence-corrected chi connectivity index (χ4v) is 7.49. The van der Waals surface area contributed by atoms with Crippen molar-refractivity contribution >= 4 is 91.0 Å². The van der Waals surface area contributed by atoms with Crippen LogP contribution in [0, 0.1) is 19.3 Å². The number of aryl methyl sites for hydroxylation is 1. The second-order valence-corrected chi connectivity index (χ2v) is 16.6. The number of terminal acetylenes is 1. The summed E-state index contributed by atoms with van der Waals surface area (Å²) >= 11 is 18.9. The molecule has 0 spiro atoms. The number of aromatic nitrogens is 6. The molecule has 6 aromatic rings. The standard InChI is InChI=1S/C15H14Cl2N2O3.C11H8ClNO3.C11H11N5O6S2/c1-5-6-21-12-8-11(9(16)7-10(12)17)19-14(20)22-13(18-19)15(2,3)4;12-8-3-4-9(16-6-10(14)15)11-7(8)2-1-5-13-11;1-5-12-9(15-11(13-5)22-2)14-10(19)16-24(20,21)6-3-4-23-7(6)8(17)18/h1,7-8H,6H2,2-4H3;1-5H,6H2,(H,14,15);3-4H,1-2H3,(H,17,18)(H2,12,13,14,15,16,19). The Morgan fingerprint density at radius 3 is 2.35 bits per heavy atom. The first-order valence-corrected chi connectivity index (χ1v) is 20.6. The van der Waals surface area contributed by atoms with Crippen molar-refractivity contribution in [2.45, 2.75) is 38.0 Å². The largest absolute Gasteiger partial charge is 0.480 e. The van der Waals surface area contributed by atoms with Crippen LogP contribution in [-0.4, -0.2) is 86.6 Å². The molecule has 4 heterocycles. The number of pyridine rings is 1. The Labute approximate surface area is 370 Å². The third-order valence-corrected chi connectivity index (χ3v) is 10.6. The van der Waals surface area contributed by atoms with Crippen molar-refractivity contribution in [3.63, 3.8) is 0 Å². The van der Waals surface area contributed by atoms with Crippen LogP contribution in [0.1, 0.15) is 42.2 Å². The third-order valence-electron chi connectivity index (χ3n) is 7.23. The predicted molar refractivity (Wildman–Crippen MR) is 227 cm³/mol. The number of rotatable bonds is 11. The maximum atomic E-state index is 12.1. The molecule has 4 aromatic heterocycles. The minimum Gasteiger partial charge on any atom is -0.480 e. The summed E-state index contributed by atoms with van der Waals surface area (Å²) in [6.45, 7) is 6.82. The van der Waals surface area contributed by atoms with Crippen LogP contribution < -0.4 is 30.0 Å². The van der Waals surface area contributed by atoms with Crippen LogP contribution in [-0.2, 0) is 20.2 Å². The molecule has 2 aromatic carbocycles. The number of amides is 2. The predicted octanol–water partition coefficient (Wildman–Crippen LogP) is 6.25. The van der Waals surface area contributed by atoms with Crippen molar-refractivity contribution in [3.8, 4) is 35.5 Å². The maximum Gasteiger partial charge on any atom is 0.442 e. The third kappa shape index (κ3) is 12.8. The number of carbonyl (C=O) groups is 3. The molecule has 0 saturated heterocycles. The fraction of sp³-hybridized carbons (Fsp3) is 0.216. The monoisotopic (exact) mass is 950 g/mol. The van der Waals surface area contributed by atoms with Gasteiger partial charge in [-0.25, -0.2) is 32.3 Å². The quantitative estimate of drug-likeness (QED) is 0.104. The summed E-state index contributed by atoms with van der Waals surface area (Å²) in [5.74, 6) is 0.299. The number of sulfonamides is 1. The van der Waals surface area contributed by atoms with E-state index in [1.807, 2.05) is 20.8 Å². The number of nitrogens with zero attached hydrogens (tertiary/aromatic N) is 6. The SMILES string of the molecule is C#CCOc1cc(-n2nc(C(C)(C)C)oc2=O)c(Cl)cc1Cl.COc1nc(C)nc(NC(=O)NS(=O)(=O)c2ccsc2C(=O)O)n1.O=C(O)COc1ccc(Cl)c2cccnc12. The lowest BCUT2D eigenvalue weighted by Gasteiger charge is -2.11. The van der Waals surface area contributed by atoms with E-state index in [1.54, 1.807) is 35.2 Å². The van der Waals surface area contributed by atoms with Crippen LogP contribution >= 0.6 is 46.1 Å². The number of thiophene rings is 1. The van der Waals surface area contributed by atoms with Gasteiger partial charge >= 0.3 is 29.7 Å². The van der Waals surface area contributed by atoms with Gasteiger partial charge in [0.15, 0.2) is 6.61 Å². The number of hydrogen-bond acceptors (Lipinski definition) is 16. The van der Waals surface area contributed by atoms with Crippen LogP contribution in [0.3, 0.4) is 0 Å². The van der Waals surface area contributed by atoms with Gasteiger partial charge in [0.05, 0.1) is 27.9 Å². The lowest BCUT2D eigenvalue weighted by molar-refractivity contribution is -0.139. The first-order chi connectivity index (χ1) is 29.1. The summed E-state index contributed by atoms with van der Waals surface area (Å²) in [5, 5.41) is 26.9. The molecule has 0 aliphatic heterocycles. The number of ether oxygens (including phenoxy) is 3. The zero-order chi connectivity index (χ0) is 45.9. The van der Waals surface area contributed by atoms with Gasteiger partial charge in [-0.05, 0) is 48.7 Å². The highest BCUT2D eigenvalue weighted by Crippen LogP contribution is 2.33. The summed E-state index contributed by atoms with van der Waals surface area (Å²) in [6.07, 6.45) is 6.76. The van der Waals surface area contributed by atoms with Gasteiger partial charge in [-0.2, -0.15) is 19.6 Å². The maximum absolute atomic E-state index is 12.1. The van der Waals surface area contributed by atoms with Gasteiger partial charge in [-0.15, -0.1) is 22.9 Å². The Balaban J connectivity index is 0.000000208. The van der Waals surface area contributed by atoms with Gasteiger partial charge in [0.25, 0.3) is 10.0 Å². The Kier molecular flexibility index (Phi) is 16.2. The van der Waals surface area contributed by atoms with Crippen molar-refractivity contribution < 1.29 is 51.6 Å². The number of urea groups is 1. The molecule has 0 fully saturated rings. The minimum atomic E-state index is -4.37. The van der Waals surface area contributed by atoms with Gasteiger partial charge in [-0.1, -0.05) is 61.5 Å². The average molecular weight is 952 g/mol. The van der Waals surface area contributed by atoms with Crippen LogP contribution in [0.15, 0.2) is 68.1 Å². The highest BCUT2D eigenvalue weighted by atomic mass is 35.5. The van der Waals surface area contributed by atoms with Crippen LogP contribution in [0.5, 0.6) is 17.5 Å². The lowest BCUT2D eigenvalue weighted by Crippen LogP contribution is -2.35. The molecule has 25 heteroatoms. The van der Waals surface area contributed by atoms with Crippen molar-refractivity contribution in [1.82, 2.24) is 34.4 Å². The molecule has 6 rings (SSSR count). The van der Waals surface area contributed by atoms with E-state index in [0.717, 1.165) is 27.5 Å². The topological polar surface area (TPSA) is 277 Å². The number of aromatic carboxylic acids is 1. The van der Waals surface area contributed by atoms with Gasteiger partial charge in [0, 0.05) is 23.1 Å². The number of halogens is 3. The number of nitrogens with one attached hydrogen (secondary N) is 2. The number of carbonyl (C=O) groups excluding carboxylic acids is 1. The number of carboxylic acids is 2. The van der Waals surface area contributed by atoms with E-state index in [9.17, 15) is 27.6 Å². The average Bonchev–Trinajstić information content (AvgIpc) is 3.86. The fourth-order valence-electron chi connectivity index (χ4n) is 4.59. The molecule has 0 bridgehead atoms. The lowest BCUT2D eigenvalue weighted by atomic mass is 9.97. The van der Waals surface area contributed by atoms with Crippen molar-refractivity contribution in [1.29, 1.82) is 0 Å². The van der Waals surface area contributed by atoms with E-state index < -0.39 is 55.5 Å². The number of carboxylic acid groups (broad SMARTS) is 2. The number of aliphatic carboxylic acids is 1. The number of hydrogen-bond donors (Lipinski definition) is 4. The molecule has 62 heavy (non-hydrogen) atoms. The molecule has 0 unspecified atom stereocenters. The summed E-state index contributed by atoms with van der Waals surface area (Å²) in [4.78, 5) is 59.8. The molecule has 2 amide bonds. The van der Waals surface area contributed by atoms with Crippen LogP contribution in [0.2, 0.25) is 15.1 Å². The summed E-state index contributed by atoms with van der Waals surface area (Å²) in [7, 11) is -3.06. The van der Waals surface area contributed by atoms with E-state index >= 15 is 0 Å². The Morgan fingerprint density at radius 2 is 1.73 bits per heavy atom. The molecule has 0 aliphatic carbocycles. The summed E-state index contributed by atoms with van der Waals surface area (Å²) in [5.41, 5.74) is 0.463. The second kappa shape index (κ2) is 20.8. The van der Waals surface area contributed by atoms with E-state index in [2.05, 4.69) is 36.3 Å². The molecule has 326 valence electrons. The van der Waals surface area contributed by atoms with E-state index in [4.69, 9.17) is 70.1 Å². The van der Waals surface area contributed by atoms with Crippen LogP contribution in [0.4, 0.5) is 10.7 Å². The molecular weight excluding hydrogens is 919 g/mol. The molecule has 0 atom stereocenters. The molecular formula is C37H33Cl3N8O12S2. The zero-order valence-corrected chi connectivity index (χ0v) is 36.7. The zero-order valence-electron chi connectivity index (χ0n) is 32.8.